The van der Waals surface area contributed by atoms with Crippen molar-refractivity contribution in [2.45, 2.75) is 37.6 Å². The molecule has 0 aliphatic heterocycles. The van der Waals surface area contributed by atoms with Crippen LogP contribution in [0.2, 0.25) is 0 Å². The SMILES string of the molecule is NC1(c2nc3cc(F)ccc3s2)CCCCC1. The molecule has 0 spiro atoms. The van der Waals surface area contributed by atoms with E-state index in [1.165, 1.54) is 31.4 Å². The van der Waals surface area contributed by atoms with Crippen LogP contribution in [0.15, 0.2) is 18.2 Å². The minimum absolute atomic E-state index is 0.232. The van der Waals surface area contributed by atoms with Crippen molar-refractivity contribution >= 4 is 21.6 Å². The minimum Gasteiger partial charge on any atom is -0.319 e. The standard InChI is InChI=1S/C13H15FN2S/c14-9-4-5-11-10(8-9)16-12(17-11)13(15)6-2-1-3-7-13/h4-5,8H,1-3,6-7,15H2. The molecule has 0 amide bonds. The summed E-state index contributed by atoms with van der Waals surface area (Å²) < 4.78 is 14.1. The van der Waals surface area contributed by atoms with Crippen LogP contribution in [0.1, 0.15) is 37.1 Å². The highest BCUT2D eigenvalue weighted by Crippen LogP contribution is 2.38. The quantitative estimate of drug-likeness (QED) is 0.840. The van der Waals surface area contributed by atoms with E-state index in [-0.39, 0.29) is 11.4 Å². The smallest absolute Gasteiger partial charge is 0.125 e. The van der Waals surface area contributed by atoms with Crippen molar-refractivity contribution in [3.8, 4) is 0 Å². The highest BCUT2D eigenvalue weighted by Gasteiger charge is 2.32. The fourth-order valence-electron chi connectivity index (χ4n) is 2.51. The molecule has 0 bridgehead atoms. The monoisotopic (exact) mass is 250 g/mol. The number of nitrogens with zero attached hydrogens (tertiary/aromatic N) is 1. The van der Waals surface area contributed by atoms with E-state index in [4.69, 9.17) is 5.73 Å². The van der Waals surface area contributed by atoms with Gasteiger partial charge in [-0.05, 0) is 25.0 Å². The van der Waals surface area contributed by atoms with Crippen LogP contribution in [0, 0.1) is 5.82 Å². The van der Waals surface area contributed by atoms with Crippen molar-refractivity contribution in [2.24, 2.45) is 5.73 Å². The van der Waals surface area contributed by atoms with Gasteiger partial charge in [0.25, 0.3) is 0 Å². The number of halogens is 1. The Bertz CT molecular complexity index is 543. The second-order valence-electron chi connectivity index (χ2n) is 4.85. The lowest BCUT2D eigenvalue weighted by Gasteiger charge is -2.31. The molecule has 2 nitrogen and oxygen atoms in total. The van der Waals surface area contributed by atoms with Gasteiger partial charge in [0.2, 0.25) is 0 Å². The molecule has 1 fully saturated rings. The molecule has 4 heteroatoms. The van der Waals surface area contributed by atoms with Crippen LogP contribution in [0.3, 0.4) is 0 Å². The van der Waals surface area contributed by atoms with Crippen molar-refractivity contribution in [1.82, 2.24) is 4.98 Å². The van der Waals surface area contributed by atoms with Gasteiger partial charge < -0.3 is 5.73 Å². The first kappa shape index (κ1) is 11.1. The van der Waals surface area contributed by atoms with Gasteiger partial charge in [0.05, 0.1) is 15.8 Å². The molecule has 90 valence electrons. The molecule has 1 saturated carbocycles. The maximum absolute atomic E-state index is 13.1. The Morgan fingerprint density at radius 3 is 2.76 bits per heavy atom. The molecule has 2 N–H and O–H groups in total. The van der Waals surface area contributed by atoms with Crippen molar-refractivity contribution in [3.63, 3.8) is 0 Å². The molecule has 0 saturated heterocycles. The van der Waals surface area contributed by atoms with Gasteiger partial charge in [0.1, 0.15) is 10.8 Å². The molecule has 1 aromatic heterocycles. The Labute approximate surface area is 104 Å². The number of thiazole rings is 1. The zero-order valence-electron chi connectivity index (χ0n) is 9.58. The van der Waals surface area contributed by atoms with E-state index in [1.54, 1.807) is 17.4 Å². The summed E-state index contributed by atoms with van der Waals surface area (Å²) in [5, 5.41) is 0.970. The molecule has 1 aromatic carbocycles. The van der Waals surface area contributed by atoms with Gasteiger partial charge >= 0.3 is 0 Å². The molecular formula is C13H15FN2S. The molecule has 17 heavy (non-hydrogen) atoms. The zero-order chi connectivity index (χ0) is 11.9. The van der Waals surface area contributed by atoms with Gasteiger partial charge in [-0.3, -0.25) is 0 Å². The first-order valence-corrected chi connectivity index (χ1v) is 6.84. The molecule has 3 rings (SSSR count). The van der Waals surface area contributed by atoms with Crippen molar-refractivity contribution in [3.05, 3.63) is 29.0 Å². The average Bonchev–Trinajstić information content (AvgIpc) is 2.73. The summed E-state index contributed by atoms with van der Waals surface area (Å²) >= 11 is 1.61. The van der Waals surface area contributed by atoms with Gasteiger partial charge in [0.15, 0.2) is 0 Å². The van der Waals surface area contributed by atoms with Gasteiger partial charge in [-0.2, -0.15) is 0 Å². The number of hydrogen-bond donors (Lipinski definition) is 1. The molecule has 0 atom stereocenters. The number of hydrogen-bond acceptors (Lipinski definition) is 3. The lowest BCUT2D eigenvalue weighted by atomic mass is 9.83. The maximum atomic E-state index is 13.1. The van der Waals surface area contributed by atoms with Crippen LogP contribution >= 0.6 is 11.3 Å². The van der Waals surface area contributed by atoms with Gasteiger partial charge in [0, 0.05) is 6.07 Å². The van der Waals surface area contributed by atoms with E-state index < -0.39 is 0 Å². The van der Waals surface area contributed by atoms with Crippen LogP contribution in [0.4, 0.5) is 4.39 Å². The summed E-state index contributed by atoms with van der Waals surface area (Å²) in [6, 6.07) is 4.76. The van der Waals surface area contributed by atoms with E-state index in [0.717, 1.165) is 28.1 Å². The minimum atomic E-state index is -0.279. The number of rotatable bonds is 1. The van der Waals surface area contributed by atoms with Crippen LogP contribution < -0.4 is 5.73 Å². The number of fused-ring (bicyclic) bond motifs is 1. The molecule has 0 radical (unpaired) electrons. The molecular weight excluding hydrogens is 235 g/mol. The first-order chi connectivity index (χ1) is 8.17. The lowest BCUT2D eigenvalue weighted by molar-refractivity contribution is 0.302. The topological polar surface area (TPSA) is 38.9 Å². The van der Waals surface area contributed by atoms with Gasteiger partial charge in [-0.15, -0.1) is 11.3 Å². The summed E-state index contributed by atoms with van der Waals surface area (Å²) in [6.07, 6.45) is 5.59. The predicted octanol–water partition coefficient (Wildman–Crippen LogP) is 3.55. The number of aromatic nitrogens is 1. The predicted molar refractivity (Wildman–Crippen MR) is 68.5 cm³/mol. The first-order valence-electron chi connectivity index (χ1n) is 6.03. The van der Waals surface area contributed by atoms with E-state index in [2.05, 4.69) is 4.98 Å². The van der Waals surface area contributed by atoms with E-state index in [9.17, 15) is 4.39 Å². The zero-order valence-corrected chi connectivity index (χ0v) is 10.4. The summed E-state index contributed by atoms with van der Waals surface area (Å²) in [5.74, 6) is -0.232. The number of nitrogens with two attached hydrogens (primary N) is 1. The second-order valence-corrected chi connectivity index (χ2v) is 5.88. The van der Waals surface area contributed by atoms with E-state index >= 15 is 0 Å². The van der Waals surface area contributed by atoms with Crippen molar-refractivity contribution in [2.75, 3.05) is 0 Å². The summed E-state index contributed by atoms with van der Waals surface area (Å²) in [5.41, 5.74) is 6.89. The third-order valence-corrected chi connectivity index (χ3v) is 4.78. The van der Waals surface area contributed by atoms with Crippen molar-refractivity contribution in [1.29, 1.82) is 0 Å². The summed E-state index contributed by atoms with van der Waals surface area (Å²) in [7, 11) is 0. The fraction of sp³-hybridized carbons (Fsp3) is 0.462. The highest BCUT2D eigenvalue weighted by molar-refractivity contribution is 7.18. The summed E-state index contributed by atoms with van der Waals surface area (Å²) in [4.78, 5) is 4.52. The maximum Gasteiger partial charge on any atom is 0.125 e. The van der Waals surface area contributed by atoms with Crippen LogP contribution in [-0.4, -0.2) is 4.98 Å². The summed E-state index contributed by atoms with van der Waals surface area (Å²) in [6.45, 7) is 0. The molecule has 0 unspecified atom stereocenters. The van der Waals surface area contributed by atoms with Crippen molar-refractivity contribution < 1.29 is 4.39 Å². The Morgan fingerprint density at radius 1 is 1.24 bits per heavy atom. The molecule has 1 aliphatic rings. The van der Waals surface area contributed by atoms with E-state index in [1.807, 2.05) is 0 Å². The van der Waals surface area contributed by atoms with Gasteiger partial charge in [-0.1, -0.05) is 19.3 Å². The average molecular weight is 250 g/mol. The van der Waals surface area contributed by atoms with Gasteiger partial charge in [-0.25, -0.2) is 9.37 Å². The second kappa shape index (κ2) is 4.03. The molecule has 1 aliphatic carbocycles. The van der Waals surface area contributed by atoms with Crippen LogP contribution in [0.25, 0.3) is 10.2 Å². The third kappa shape index (κ3) is 1.96. The molecule has 2 aromatic rings. The van der Waals surface area contributed by atoms with Crippen LogP contribution in [0.5, 0.6) is 0 Å². The third-order valence-electron chi connectivity index (χ3n) is 3.52. The Kier molecular flexibility index (Phi) is 2.64. The highest BCUT2D eigenvalue weighted by atomic mass is 32.1. The fourth-order valence-corrected chi connectivity index (χ4v) is 3.61. The lowest BCUT2D eigenvalue weighted by Crippen LogP contribution is -2.38. The largest absolute Gasteiger partial charge is 0.319 e. The Balaban J connectivity index is 2.05. The Morgan fingerprint density at radius 2 is 2.00 bits per heavy atom. The van der Waals surface area contributed by atoms with E-state index in [0.29, 0.717) is 0 Å². The number of benzene rings is 1. The molecule has 1 heterocycles. The normalized spacial score (nSPS) is 19.6. The van der Waals surface area contributed by atoms with Crippen LogP contribution in [-0.2, 0) is 5.54 Å². The Hall–Kier alpha value is -1.00.